The zero-order chi connectivity index (χ0) is 12.1. The number of ether oxygens (including phenoxy) is 1. The first-order valence-electron chi connectivity index (χ1n) is 4.61. The van der Waals surface area contributed by atoms with Crippen molar-refractivity contribution in [2.45, 2.75) is 12.8 Å². The van der Waals surface area contributed by atoms with E-state index in [0.29, 0.717) is 29.7 Å². The summed E-state index contributed by atoms with van der Waals surface area (Å²) in [6.07, 6.45) is 1.08. The van der Waals surface area contributed by atoms with E-state index in [-0.39, 0.29) is 10.9 Å². The highest BCUT2D eigenvalue weighted by Crippen LogP contribution is 2.30. The van der Waals surface area contributed by atoms with Crippen LogP contribution in [0.15, 0.2) is 16.6 Å². The van der Waals surface area contributed by atoms with E-state index in [4.69, 9.17) is 27.5 Å². The minimum atomic E-state index is -0.522. The van der Waals surface area contributed by atoms with Gasteiger partial charge in [-0.3, -0.25) is 5.41 Å². The SMILES string of the molecule is N=C(N)CCCOc1cc(F)c(Cl)cc1Br. The van der Waals surface area contributed by atoms with Crippen molar-refractivity contribution in [3.8, 4) is 5.75 Å². The van der Waals surface area contributed by atoms with E-state index >= 15 is 0 Å². The molecule has 0 unspecified atom stereocenters. The third-order valence-corrected chi connectivity index (χ3v) is 2.73. The number of hydrogen-bond acceptors (Lipinski definition) is 2. The van der Waals surface area contributed by atoms with Crippen LogP contribution < -0.4 is 10.5 Å². The number of benzene rings is 1. The molecule has 6 heteroatoms. The molecule has 0 aliphatic heterocycles. The Morgan fingerprint density at radius 3 is 2.88 bits per heavy atom. The lowest BCUT2D eigenvalue weighted by molar-refractivity contribution is 0.310. The van der Waals surface area contributed by atoms with Gasteiger partial charge < -0.3 is 10.5 Å². The molecule has 1 aromatic rings. The van der Waals surface area contributed by atoms with Crippen LogP contribution in [0.4, 0.5) is 4.39 Å². The average Bonchev–Trinajstić information content (AvgIpc) is 2.19. The molecule has 0 bridgehead atoms. The lowest BCUT2D eigenvalue weighted by Crippen LogP contribution is -2.11. The fourth-order valence-electron chi connectivity index (χ4n) is 1.06. The van der Waals surface area contributed by atoms with Crippen molar-refractivity contribution in [3.05, 3.63) is 27.4 Å². The molecule has 1 aromatic carbocycles. The number of amidine groups is 1. The Morgan fingerprint density at radius 2 is 2.25 bits per heavy atom. The normalized spacial score (nSPS) is 10.2. The highest BCUT2D eigenvalue weighted by atomic mass is 79.9. The average molecular weight is 310 g/mol. The largest absolute Gasteiger partial charge is 0.492 e. The molecule has 88 valence electrons. The number of nitrogens with one attached hydrogen (secondary N) is 1. The van der Waals surface area contributed by atoms with E-state index in [1.54, 1.807) is 0 Å². The minimum absolute atomic E-state index is 0.0444. The summed E-state index contributed by atoms with van der Waals surface area (Å²) in [5.41, 5.74) is 5.19. The quantitative estimate of drug-likeness (QED) is 0.379. The van der Waals surface area contributed by atoms with Crippen LogP contribution in [0.1, 0.15) is 12.8 Å². The summed E-state index contributed by atoms with van der Waals surface area (Å²) in [7, 11) is 0. The Labute approximate surface area is 106 Å². The minimum Gasteiger partial charge on any atom is -0.492 e. The van der Waals surface area contributed by atoms with Crippen molar-refractivity contribution in [1.82, 2.24) is 0 Å². The fraction of sp³-hybridized carbons (Fsp3) is 0.300. The van der Waals surface area contributed by atoms with Crippen molar-refractivity contribution in [2.24, 2.45) is 5.73 Å². The Hall–Kier alpha value is -0.810. The predicted octanol–water partition coefficient (Wildman–Crippen LogP) is 3.34. The van der Waals surface area contributed by atoms with E-state index in [9.17, 15) is 4.39 Å². The highest BCUT2D eigenvalue weighted by Gasteiger charge is 2.07. The first-order chi connectivity index (χ1) is 7.50. The maximum Gasteiger partial charge on any atom is 0.145 e. The van der Waals surface area contributed by atoms with Crippen LogP contribution in [-0.4, -0.2) is 12.4 Å². The lowest BCUT2D eigenvalue weighted by Gasteiger charge is -2.08. The molecule has 0 aliphatic carbocycles. The van der Waals surface area contributed by atoms with Crippen molar-refractivity contribution in [2.75, 3.05) is 6.61 Å². The van der Waals surface area contributed by atoms with Gasteiger partial charge in [-0.15, -0.1) is 0 Å². The smallest absolute Gasteiger partial charge is 0.145 e. The summed E-state index contributed by atoms with van der Waals surface area (Å²) in [6, 6.07) is 2.66. The van der Waals surface area contributed by atoms with Gasteiger partial charge in [0.1, 0.15) is 11.6 Å². The molecule has 0 atom stereocenters. The molecule has 0 aromatic heterocycles. The van der Waals surface area contributed by atoms with Gasteiger partial charge in [0, 0.05) is 12.5 Å². The molecule has 0 heterocycles. The van der Waals surface area contributed by atoms with Crippen LogP contribution in [0, 0.1) is 11.2 Å². The second-order valence-corrected chi connectivity index (χ2v) is 4.44. The molecular formula is C10H11BrClFN2O. The molecule has 0 spiro atoms. The number of halogens is 3. The fourth-order valence-corrected chi connectivity index (χ4v) is 1.81. The van der Waals surface area contributed by atoms with Crippen molar-refractivity contribution < 1.29 is 9.13 Å². The Morgan fingerprint density at radius 1 is 1.56 bits per heavy atom. The molecule has 0 amide bonds. The molecular weight excluding hydrogens is 298 g/mol. The second kappa shape index (κ2) is 6.06. The molecule has 0 aliphatic rings. The zero-order valence-electron chi connectivity index (χ0n) is 8.40. The van der Waals surface area contributed by atoms with Crippen LogP contribution in [-0.2, 0) is 0 Å². The molecule has 0 fully saturated rings. The summed E-state index contributed by atoms with van der Waals surface area (Å²) >= 11 is 8.80. The van der Waals surface area contributed by atoms with E-state index in [1.165, 1.54) is 12.1 Å². The molecule has 3 nitrogen and oxygen atoms in total. The molecule has 0 radical (unpaired) electrons. The van der Waals surface area contributed by atoms with E-state index < -0.39 is 5.82 Å². The van der Waals surface area contributed by atoms with E-state index in [2.05, 4.69) is 15.9 Å². The predicted molar refractivity (Wildman–Crippen MR) is 65.8 cm³/mol. The van der Waals surface area contributed by atoms with Gasteiger partial charge in [-0.25, -0.2) is 4.39 Å². The summed E-state index contributed by atoms with van der Waals surface area (Å²) in [6.45, 7) is 0.374. The summed E-state index contributed by atoms with van der Waals surface area (Å²) < 4.78 is 19.0. The maximum absolute atomic E-state index is 13.1. The number of rotatable bonds is 5. The third-order valence-electron chi connectivity index (χ3n) is 1.82. The zero-order valence-corrected chi connectivity index (χ0v) is 10.7. The molecule has 0 saturated heterocycles. The van der Waals surface area contributed by atoms with Crippen molar-refractivity contribution in [1.29, 1.82) is 5.41 Å². The Kier molecular flexibility index (Phi) is 5.02. The second-order valence-electron chi connectivity index (χ2n) is 3.17. The van der Waals surface area contributed by atoms with Crippen LogP contribution in [0.2, 0.25) is 5.02 Å². The summed E-state index contributed by atoms with van der Waals surface area (Å²) in [5.74, 6) is -0.0122. The van der Waals surface area contributed by atoms with Gasteiger partial charge in [0.15, 0.2) is 0 Å². The topological polar surface area (TPSA) is 59.1 Å². The van der Waals surface area contributed by atoms with Gasteiger partial charge in [-0.1, -0.05) is 11.6 Å². The molecule has 1 rings (SSSR count). The number of hydrogen-bond donors (Lipinski definition) is 2. The maximum atomic E-state index is 13.1. The third kappa shape index (κ3) is 3.98. The van der Waals surface area contributed by atoms with Gasteiger partial charge in [0.2, 0.25) is 0 Å². The Balaban J connectivity index is 2.54. The van der Waals surface area contributed by atoms with E-state index in [0.717, 1.165) is 0 Å². The summed E-state index contributed by atoms with van der Waals surface area (Å²) in [5, 5.41) is 7.06. The van der Waals surface area contributed by atoms with Gasteiger partial charge in [0.25, 0.3) is 0 Å². The van der Waals surface area contributed by atoms with Gasteiger partial charge in [-0.05, 0) is 28.4 Å². The van der Waals surface area contributed by atoms with Gasteiger partial charge in [-0.2, -0.15) is 0 Å². The molecule has 16 heavy (non-hydrogen) atoms. The Bertz CT molecular complexity index is 401. The first-order valence-corrected chi connectivity index (χ1v) is 5.78. The summed E-state index contributed by atoms with van der Waals surface area (Å²) in [4.78, 5) is 0. The van der Waals surface area contributed by atoms with Crippen LogP contribution in [0.3, 0.4) is 0 Å². The molecule has 3 N–H and O–H groups in total. The van der Waals surface area contributed by atoms with E-state index in [1.807, 2.05) is 0 Å². The number of nitrogens with two attached hydrogens (primary N) is 1. The van der Waals surface area contributed by atoms with Crippen molar-refractivity contribution >= 4 is 33.4 Å². The van der Waals surface area contributed by atoms with Crippen molar-refractivity contribution in [3.63, 3.8) is 0 Å². The van der Waals surface area contributed by atoms with Gasteiger partial charge >= 0.3 is 0 Å². The van der Waals surface area contributed by atoms with Crippen LogP contribution >= 0.6 is 27.5 Å². The highest BCUT2D eigenvalue weighted by molar-refractivity contribution is 9.10. The monoisotopic (exact) mass is 308 g/mol. The van der Waals surface area contributed by atoms with Crippen LogP contribution in [0.25, 0.3) is 0 Å². The standard InChI is InChI=1S/C10H11BrClFN2O/c11-6-4-7(12)8(13)5-9(6)16-3-1-2-10(14)15/h4-5H,1-3H2,(H3,14,15). The lowest BCUT2D eigenvalue weighted by atomic mass is 10.3. The first kappa shape index (κ1) is 13.3. The molecule has 0 saturated carbocycles. The van der Waals surface area contributed by atoms with Gasteiger partial charge in [0.05, 0.1) is 21.9 Å². The van der Waals surface area contributed by atoms with Crippen LogP contribution in [0.5, 0.6) is 5.75 Å².